The zero-order valence-corrected chi connectivity index (χ0v) is 13.9. The summed E-state index contributed by atoms with van der Waals surface area (Å²) in [5, 5.41) is 17.3. The minimum absolute atomic E-state index is 0.135. The predicted octanol–water partition coefficient (Wildman–Crippen LogP) is 1.94. The number of non-ortho nitro benzene ring substituents is 1. The topological polar surface area (TPSA) is 109 Å². The Morgan fingerprint density at radius 3 is 2.80 bits per heavy atom. The summed E-state index contributed by atoms with van der Waals surface area (Å²) in [5.41, 5.74) is 0.163. The maximum Gasteiger partial charge on any atom is 0.272 e. The fourth-order valence-electron chi connectivity index (χ4n) is 2.11. The molecule has 25 heavy (non-hydrogen) atoms. The Morgan fingerprint density at radius 1 is 1.48 bits per heavy atom. The fourth-order valence-corrected chi connectivity index (χ4v) is 2.11. The summed E-state index contributed by atoms with van der Waals surface area (Å²) in [7, 11) is 3.06. The van der Waals surface area contributed by atoms with Gasteiger partial charge in [-0.15, -0.1) is 0 Å². The number of nitrogens with one attached hydrogen (secondary N) is 1. The first kappa shape index (κ1) is 18.3. The number of ether oxygens (including phenoxy) is 2. The number of aromatic nitrogens is 2. The lowest BCUT2D eigenvalue weighted by atomic mass is 10.2. The largest absolute Gasteiger partial charge is 0.436 e. The number of carbonyl (C=O) groups excluding carboxylic acids is 1. The molecule has 9 nitrogen and oxygen atoms in total. The van der Waals surface area contributed by atoms with Gasteiger partial charge < -0.3 is 14.8 Å². The SMILES string of the molecule is COCCNC(=O)c1nn(C)c(Oc2ccc([N+](=O)[O-])cc2F)c1C. The van der Waals surface area contributed by atoms with Gasteiger partial charge in [0, 0.05) is 32.3 Å². The Labute approximate surface area is 142 Å². The number of hydrogen-bond donors (Lipinski definition) is 1. The first-order valence-corrected chi connectivity index (χ1v) is 7.27. The lowest BCUT2D eigenvalue weighted by molar-refractivity contribution is -0.385. The lowest BCUT2D eigenvalue weighted by Crippen LogP contribution is -2.27. The van der Waals surface area contributed by atoms with Crippen LogP contribution in [0.15, 0.2) is 18.2 Å². The van der Waals surface area contributed by atoms with Crippen molar-refractivity contribution in [3.63, 3.8) is 0 Å². The standard InChI is InChI=1S/C15H17FN4O5/c1-9-13(14(21)17-6-7-24-3)18-19(2)15(9)25-12-5-4-10(20(22)23)8-11(12)16/h4-5,8H,6-7H2,1-3H3,(H,17,21). The molecule has 134 valence electrons. The van der Waals surface area contributed by atoms with Gasteiger partial charge in [-0.1, -0.05) is 0 Å². The van der Waals surface area contributed by atoms with Crippen LogP contribution in [0.1, 0.15) is 16.1 Å². The maximum atomic E-state index is 14.0. The van der Waals surface area contributed by atoms with Gasteiger partial charge in [-0.25, -0.2) is 9.07 Å². The highest BCUT2D eigenvalue weighted by Gasteiger charge is 2.21. The molecular weight excluding hydrogens is 335 g/mol. The van der Waals surface area contributed by atoms with Gasteiger partial charge in [0.05, 0.1) is 17.6 Å². The Hall–Kier alpha value is -3.01. The first-order chi connectivity index (χ1) is 11.8. The summed E-state index contributed by atoms with van der Waals surface area (Å²) in [6, 6.07) is 3.04. The lowest BCUT2D eigenvalue weighted by Gasteiger charge is -2.07. The number of aryl methyl sites for hydroxylation is 1. The number of carbonyl (C=O) groups is 1. The number of nitrogens with zero attached hydrogens (tertiary/aromatic N) is 3. The summed E-state index contributed by atoms with van der Waals surface area (Å²) in [6.45, 7) is 2.28. The Morgan fingerprint density at radius 2 is 2.20 bits per heavy atom. The van der Waals surface area contributed by atoms with E-state index in [1.165, 1.54) is 18.8 Å². The summed E-state index contributed by atoms with van der Waals surface area (Å²) < 4.78 is 25.6. The Bertz CT molecular complexity index is 805. The molecule has 1 aromatic heterocycles. The van der Waals surface area contributed by atoms with E-state index >= 15 is 0 Å². The minimum Gasteiger partial charge on any atom is -0.436 e. The third-order valence-electron chi connectivity index (χ3n) is 3.36. The summed E-state index contributed by atoms with van der Waals surface area (Å²) in [6.07, 6.45) is 0. The van der Waals surface area contributed by atoms with Crippen LogP contribution in [0.4, 0.5) is 10.1 Å². The van der Waals surface area contributed by atoms with Crippen LogP contribution in [0, 0.1) is 22.9 Å². The number of methoxy groups -OCH3 is 1. The van der Waals surface area contributed by atoms with E-state index in [0.29, 0.717) is 18.7 Å². The molecule has 0 bridgehead atoms. The molecule has 1 N–H and O–H groups in total. The van der Waals surface area contributed by atoms with E-state index in [4.69, 9.17) is 9.47 Å². The maximum absolute atomic E-state index is 14.0. The molecule has 1 aromatic carbocycles. The van der Waals surface area contributed by atoms with Crippen LogP contribution >= 0.6 is 0 Å². The van der Waals surface area contributed by atoms with E-state index in [1.807, 2.05) is 0 Å². The van der Waals surface area contributed by atoms with Crippen LogP contribution in [-0.4, -0.2) is 40.9 Å². The number of hydrogen-bond acceptors (Lipinski definition) is 6. The van der Waals surface area contributed by atoms with Gasteiger partial charge in [0.25, 0.3) is 11.6 Å². The van der Waals surface area contributed by atoms with Gasteiger partial charge >= 0.3 is 0 Å². The number of benzene rings is 1. The second-order valence-electron chi connectivity index (χ2n) is 5.12. The monoisotopic (exact) mass is 352 g/mol. The molecule has 0 saturated carbocycles. The molecule has 0 spiro atoms. The van der Waals surface area contributed by atoms with Crippen LogP contribution in [0.5, 0.6) is 11.6 Å². The quantitative estimate of drug-likeness (QED) is 0.463. The number of halogens is 1. The molecular formula is C15H17FN4O5. The van der Waals surface area contributed by atoms with E-state index in [1.54, 1.807) is 6.92 Å². The summed E-state index contributed by atoms with van der Waals surface area (Å²) in [5.74, 6) is -1.35. The first-order valence-electron chi connectivity index (χ1n) is 7.27. The molecule has 0 atom stereocenters. The number of amides is 1. The van der Waals surface area contributed by atoms with Gasteiger partial charge in [-0.2, -0.15) is 5.10 Å². The Kier molecular flexibility index (Phi) is 5.65. The van der Waals surface area contributed by atoms with Crippen molar-refractivity contribution in [2.24, 2.45) is 7.05 Å². The van der Waals surface area contributed by atoms with Crippen molar-refractivity contribution < 1.29 is 23.6 Å². The summed E-state index contributed by atoms with van der Waals surface area (Å²) in [4.78, 5) is 22.0. The van der Waals surface area contributed by atoms with Crippen molar-refractivity contribution in [2.75, 3.05) is 20.3 Å². The molecule has 1 heterocycles. The molecule has 2 aromatic rings. The zero-order valence-electron chi connectivity index (χ0n) is 13.9. The second-order valence-corrected chi connectivity index (χ2v) is 5.12. The molecule has 0 aliphatic carbocycles. The normalized spacial score (nSPS) is 10.6. The van der Waals surface area contributed by atoms with Crippen LogP contribution in [0.2, 0.25) is 0 Å². The third kappa shape index (κ3) is 4.10. The van der Waals surface area contributed by atoms with Gasteiger partial charge in [0.15, 0.2) is 17.3 Å². The van der Waals surface area contributed by atoms with Crippen molar-refractivity contribution in [1.82, 2.24) is 15.1 Å². The average molecular weight is 352 g/mol. The molecule has 0 fully saturated rings. The predicted molar refractivity (Wildman–Crippen MR) is 85.3 cm³/mol. The van der Waals surface area contributed by atoms with Gasteiger partial charge in [0.1, 0.15) is 0 Å². The van der Waals surface area contributed by atoms with Crippen LogP contribution < -0.4 is 10.1 Å². The minimum atomic E-state index is -0.888. The van der Waals surface area contributed by atoms with Gasteiger partial charge in [-0.3, -0.25) is 14.9 Å². The average Bonchev–Trinajstić information content (AvgIpc) is 2.84. The molecule has 1 amide bonds. The molecule has 0 aliphatic heterocycles. The van der Waals surface area contributed by atoms with E-state index in [0.717, 1.165) is 18.2 Å². The van der Waals surface area contributed by atoms with E-state index in [9.17, 15) is 19.3 Å². The zero-order chi connectivity index (χ0) is 18.6. The van der Waals surface area contributed by atoms with Crippen LogP contribution in [0.25, 0.3) is 0 Å². The smallest absolute Gasteiger partial charge is 0.272 e. The Balaban J connectivity index is 2.23. The molecule has 0 aliphatic rings. The van der Waals surface area contributed by atoms with Crippen molar-refractivity contribution in [3.05, 3.63) is 45.4 Å². The van der Waals surface area contributed by atoms with Gasteiger partial charge in [-0.05, 0) is 13.0 Å². The molecule has 0 radical (unpaired) electrons. The molecule has 0 saturated heterocycles. The number of rotatable bonds is 7. The van der Waals surface area contributed by atoms with Crippen molar-refractivity contribution in [1.29, 1.82) is 0 Å². The molecule has 10 heteroatoms. The third-order valence-corrected chi connectivity index (χ3v) is 3.36. The van der Waals surface area contributed by atoms with Crippen LogP contribution in [-0.2, 0) is 11.8 Å². The van der Waals surface area contributed by atoms with Crippen LogP contribution in [0.3, 0.4) is 0 Å². The van der Waals surface area contributed by atoms with Crippen molar-refractivity contribution in [2.45, 2.75) is 6.92 Å². The highest BCUT2D eigenvalue weighted by Crippen LogP contribution is 2.30. The van der Waals surface area contributed by atoms with Gasteiger partial charge in [0.2, 0.25) is 5.88 Å². The highest BCUT2D eigenvalue weighted by molar-refractivity contribution is 5.94. The van der Waals surface area contributed by atoms with E-state index in [-0.39, 0.29) is 23.0 Å². The number of nitro groups is 1. The number of nitro benzene ring substituents is 1. The van der Waals surface area contributed by atoms with E-state index < -0.39 is 16.6 Å². The summed E-state index contributed by atoms with van der Waals surface area (Å²) >= 11 is 0. The highest BCUT2D eigenvalue weighted by atomic mass is 19.1. The fraction of sp³-hybridized carbons (Fsp3) is 0.333. The molecule has 0 unspecified atom stereocenters. The van der Waals surface area contributed by atoms with Crippen molar-refractivity contribution in [3.8, 4) is 11.6 Å². The molecule has 2 rings (SSSR count). The van der Waals surface area contributed by atoms with E-state index in [2.05, 4.69) is 10.4 Å². The second kappa shape index (κ2) is 7.71. The van der Waals surface area contributed by atoms with Crippen molar-refractivity contribution >= 4 is 11.6 Å².